The van der Waals surface area contributed by atoms with Crippen molar-refractivity contribution >= 4 is 28.4 Å². The summed E-state index contributed by atoms with van der Waals surface area (Å²) in [5.74, 6) is 0.543. The van der Waals surface area contributed by atoms with Crippen molar-refractivity contribution in [3.63, 3.8) is 0 Å². The van der Waals surface area contributed by atoms with Crippen LogP contribution in [0.1, 0.15) is 6.92 Å². The summed E-state index contributed by atoms with van der Waals surface area (Å²) in [7, 11) is 3.63. The highest BCUT2D eigenvalue weighted by Crippen LogP contribution is 2.35. The van der Waals surface area contributed by atoms with Gasteiger partial charge in [-0.25, -0.2) is 9.83 Å². The predicted octanol–water partition coefficient (Wildman–Crippen LogP) is 1.58. The second-order valence-electron chi connectivity index (χ2n) is 6.44. The number of pyridine rings is 1. The number of anilines is 1. The zero-order valence-electron chi connectivity index (χ0n) is 14.8. The lowest BCUT2D eigenvalue weighted by Gasteiger charge is -2.38. The van der Waals surface area contributed by atoms with Crippen LogP contribution >= 0.6 is 0 Å². The second kappa shape index (κ2) is 5.84. The van der Waals surface area contributed by atoms with Gasteiger partial charge in [0, 0.05) is 38.9 Å². The van der Waals surface area contributed by atoms with Gasteiger partial charge in [0.05, 0.1) is 18.3 Å². The van der Waals surface area contributed by atoms with Crippen molar-refractivity contribution in [1.82, 2.24) is 29.9 Å². The number of amides is 1. The molecule has 9 nitrogen and oxygen atoms in total. The molecule has 0 aromatic carbocycles. The number of piperazine rings is 1. The lowest BCUT2D eigenvalue weighted by Crippen LogP contribution is -2.54. The minimum Gasteiger partial charge on any atom is -0.352 e. The molecule has 4 heterocycles. The molecular weight excluding hydrogens is 332 g/mol. The molecule has 4 rings (SSSR count). The van der Waals surface area contributed by atoms with Gasteiger partial charge in [-0.05, 0) is 13.0 Å². The molecule has 3 aromatic rings. The van der Waals surface area contributed by atoms with Crippen LogP contribution in [0.2, 0.25) is 0 Å². The molecule has 1 amide bonds. The second-order valence-corrected chi connectivity index (χ2v) is 6.44. The number of rotatable bonds is 2. The van der Waals surface area contributed by atoms with Crippen molar-refractivity contribution in [2.45, 2.75) is 13.0 Å². The molecule has 1 unspecified atom stereocenters. The summed E-state index contributed by atoms with van der Waals surface area (Å²) in [4.78, 5) is 24.3. The molecule has 1 aliphatic rings. The zero-order valence-corrected chi connectivity index (χ0v) is 14.8. The Morgan fingerprint density at radius 2 is 2.15 bits per heavy atom. The third-order valence-electron chi connectivity index (χ3n) is 4.74. The Labute approximate surface area is 150 Å². The molecular formula is C17H18N8O. The number of carbonyl (C=O) groups excluding carboxylic acids is 1. The Hall–Kier alpha value is -3.41. The minimum atomic E-state index is -0.368. The number of hydrogen-bond acceptors (Lipinski definition) is 5. The van der Waals surface area contributed by atoms with E-state index in [0.29, 0.717) is 41.3 Å². The fraction of sp³-hybridized carbons (Fsp3) is 0.353. The molecule has 0 radical (unpaired) electrons. The van der Waals surface area contributed by atoms with Gasteiger partial charge < -0.3 is 9.80 Å². The van der Waals surface area contributed by atoms with Gasteiger partial charge in [-0.15, -0.1) is 0 Å². The third kappa shape index (κ3) is 2.38. The first-order valence-corrected chi connectivity index (χ1v) is 8.27. The first-order chi connectivity index (χ1) is 12.5. The SMILES string of the molecule is [C-]#[N+]c1cc2[nH]nc(-c3cnn(C)c3)c2nc1N1CCN(C)C(=O)C1C. The summed E-state index contributed by atoms with van der Waals surface area (Å²) >= 11 is 0. The average molecular weight is 350 g/mol. The molecule has 0 saturated carbocycles. The largest absolute Gasteiger partial charge is 0.352 e. The maximum atomic E-state index is 12.4. The van der Waals surface area contributed by atoms with Crippen LogP contribution in [0.3, 0.4) is 0 Å². The topological polar surface area (TPSA) is 87.3 Å². The normalized spacial score (nSPS) is 17.8. The van der Waals surface area contributed by atoms with E-state index in [0.717, 1.165) is 5.56 Å². The van der Waals surface area contributed by atoms with E-state index >= 15 is 0 Å². The van der Waals surface area contributed by atoms with E-state index in [1.54, 1.807) is 28.9 Å². The quantitative estimate of drug-likeness (QED) is 0.709. The van der Waals surface area contributed by atoms with E-state index < -0.39 is 0 Å². The molecule has 0 spiro atoms. The molecule has 9 heteroatoms. The van der Waals surface area contributed by atoms with Gasteiger partial charge in [0.25, 0.3) is 0 Å². The number of aromatic nitrogens is 5. The van der Waals surface area contributed by atoms with Crippen LogP contribution in [0.5, 0.6) is 0 Å². The number of aryl methyl sites for hydroxylation is 1. The van der Waals surface area contributed by atoms with Crippen LogP contribution in [0.25, 0.3) is 27.1 Å². The number of hydrogen-bond donors (Lipinski definition) is 1. The third-order valence-corrected chi connectivity index (χ3v) is 4.74. The maximum absolute atomic E-state index is 12.4. The molecule has 0 aliphatic carbocycles. The molecule has 1 aliphatic heterocycles. The summed E-state index contributed by atoms with van der Waals surface area (Å²) in [6, 6.07) is 1.38. The van der Waals surface area contributed by atoms with Gasteiger partial charge >= 0.3 is 0 Å². The van der Waals surface area contributed by atoms with Gasteiger partial charge in [-0.3, -0.25) is 14.6 Å². The van der Waals surface area contributed by atoms with Crippen LogP contribution in [-0.2, 0) is 11.8 Å². The number of fused-ring (bicyclic) bond motifs is 1. The van der Waals surface area contributed by atoms with Gasteiger partial charge in [0.2, 0.25) is 11.6 Å². The molecule has 3 aromatic heterocycles. The smallest absolute Gasteiger partial charge is 0.244 e. The van der Waals surface area contributed by atoms with Gasteiger partial charge in [-0.1, -0.05) is 0 Å². The molecule has 26 heavy (non-hydrogen) atoms. The maximum Gasteiger partial charge on any atom is 0.244 e. The minimum absolute atomic E-state index is 0.0220. The Morgan fingerprint density at radius 3 is 2.85 bits per heavy atom. The first kappa shape index (κ1) is 16.1. The zero-order chi connectivity index (χ0) is 18.4. The van der Waals surface area contributed by atoms with Crippen LogP contribution in [0, 0.1) is 6.57 Å². The number of nitrogens with one attached hydrogen (secondary N) is 1. The molecule has 0 bridgehead atoms. The molecule has 1 fully saturated rings. The molecule has 1 atom stereocenters. The van der Waals surface area contributed by atoms with E-state index in [4.69, 9.17) is 11.6 Å². The van der Waals surface area contributed by atoms with Crippen molar-refractivity contribution in [2.75, 3.05) is 25.0 Å². The Kier molecular flexibility index (Phi) is 3.61. The van der Waals surface area contributed by atoms with Crippen molar-refractivity contribution in [3.8, 4) is 11.3 Å². The van der Waals surface area contributed by atoms with Crippen LogP contribution < -0.4 is 4.90 Å². The monoisotopic (exact) mass is 350 g/mol. The van der Waals surface area contributed by atoms with Crippen LogP contribution in [0.4, 0.5) is 11.5 Å². The number of carbonyl (C=O) groups is 1. The Bertz CT molecular complexity index is 1040. The predicted molar refractivity (Wildman–Crippen MR) is 96.8 cm³/mol. The van der Waals surface area contributed by atoms with E-state index in [-0.39, 0.29) is 11.9 Å². The van der Waals surface area contributed by atoms with E-state index in [2.05, 4.69) is 20.1 Å². The van der Waals surface area contributed by atoms with E-state index in [1.807, 2.05) is 25.1 Å². The summed E-state index contributed by atoms with van der Waals surface area (Å²) < 4.78 is 1.70. The Balaban J connectivity index is 1.86. The highest BCUT2D eigenvalue weighted by atomic mass is 16.2. The fourth-order valence-corrected chi connectivity index (χ4v) is 3.27. The number of nitrogens with zero attached hydrogens (tertiary/aromatic N) is 7. The molecule has 132 valence electrons. The summed E-state index contributed by atoms with van der Waals surface area (Å²) in [5, 5.41) is 11.5. The summed E-state index contributed by atoms with van der Waals surface area (Å²) in [6.07, 6.45) is 3.59. The van der Waals surface area contributed by atoms with Crippen molar-refractivity contribution < 1.29 is 4.79 Å². The van der Waals surface area contributed by atoms with Gasteiger partial charge in [0.15, 0.2) is 0 Å². The van der Waals surface area contributed by atoms with E-state index in [1.165, 1.54) is 0 Å². The van der Waals surface area contributed by atoms with Crippen molar-refractivity contribution in [1.29, 1.82) is 0 Å². The van der Waals surface area contributed by atoms with Gasteiger partial charge in [-0.2, -0.15) is 10.2 Å². The van der Waals surface area contributed by atoms with Crippen LogP contribution in [0.15, 0.2) is 18.5 Å². The number of likely N-dealkylation sites (N-methyl/N-ethyl adjacent to an activating group) is 1. The average Bonchev–Trinajstić information content (AvgIpc) is 3.24. The highest BCUT2D eigenvalue weighted by Gasteiger charge is 2.32. The summed E-state index contributed by atoms with van der Waals surface area (Å²) in [6.45, 7) is 10.6. The highest BCUT2D eigenvalue weighted by molar-refractivity contribution is 5.95. The Morgan fingerprint density at radius 1 is 1.35 bits per heavy atom. The summed E-state index contributed by atoms with van der Waals surface area (Å²) in [5.41, 5.74) is 3.28. The number of H-pyrrole nitrogens is 1. The van der Waals surface area contributed by atoms with E-state index in [9.17, 15) is 4.79 Å². The standard InChI is InChI=1S/C17H18N8O/c1-10-17(26)23(3)5-6-25(10)16-13(18-2)7-12-15(20-16)14(22-21-12)11-8-19-24(4)9-11/h7-10H,5-6H2,1,3-4H3,(H,21,22). The van der Waals surface area contributed by atoms with Crippen LogP contribution in [-0.4, -0.2) is 61.9 Å². The van der Waals surface area contributed by atoms with Crippen molar-refractivity contribution in [3.05, 3.63) is 29.9 Å². The molecule has 1 saturated heterocycles. The number of aromatic amines is 1. The van der Waals surface area contributed by atoms with Gasteiger partial charge in [0.1, 0.15) is 23.1 Å². The van der Waals surface area contributed by atoms with Crippen molar-refractivity contribution in [2.24, 2.45) is 7.05 Å². The first-order valence-electron chi connectivity index (χ1n) is 8.27. The lowest BCUT2D eigenvalue weighted by molar-refractivity contribution is -0.132. The lowest BCUT2D eigenvalue weighted by atomic mass is 10.1. The fourth-order valence-electron chi connectivity index (χ4n) is 3.27. The molecule has 1 N–H and O–H groups in total.